The Kier molecular flexibility index (Phi) is 4.45. The van der Waals surface area contributed by atoms with Gasteiger partial charge in [0, 0.05) is 0 Å². The molecule has 0 saturated heterocycles. The molecule has 5 nitrogen and oxygen atoms in total. The molecule has 0 bridgehead atoms. The molecular formula is C12H10N2O3. The van der Waals surface area contributed by atoms with Crippen LogP contribution in [0.3, 0.4) is 0 Å². The minimum Gasteiger partial charge on any atom is -0.480 e. The van der Waals surface area contributed by atoms with E-state index in [1.54, 1.807) is 30.3 Å². The quantitative estimate of drug-likeness (QED) is 0.591. The molecule has 0 unspecified atom stereocenters. The molecule has 0 aliphatic carbocycles. The molecule has 0 fully saturated rings. The molecule has 1 amide bonds. The van der Waals surface area contributed by atoms with Gasteiger partial charge in [-0.05, 0) is 11.6 Å². The Balaban J connectivity index is 2.79. The fraction of sp³-hybridized carbons (Fsp3) is 0.0833. The van der Waals surface area contributed by atoms with E-state index in [9.17, 15) is 9.59 Å². The van der Waals surface area contributed by atoms with Gasteiger partial charge in [-0.15, -0.1) is 0 Å². The Hall–Kier alpha value is -2.61. The largest absolute Gasteiger partial charge is 0.480 e. The van der Waals surface area contributed by atoms with Crippen LogP contribution in [0.2, 0.25) is 0 Å². The van der Waals surface area contributed by atoms with Crippen molar-refractivity contribution in [2.45, 2.75) is 0 Å². The van der Waals surface area contributed by atoms with Crippen molar-refractivity contribution in [1.82, 2.24) is 5.32 Å². The molecular weight excluding hydrogens is 220 g/mol. The summed E-state index contributed by atoms with van der Waals surface area (Å²) < 4.78 is 0. The molecule has 1 rings (SSSR count). The molecule has 0 atom stereocenters. The fourth-order valence-corrected chi connectivity index (χ4v) is 1.12. The first-order chi connectivity index (χ1) is 8.13. The SMILES string of the molecule is N#CC(=Cc1ccccc1)C(=O)NCC(=O)O. The molecule has 0 aliphatic rings. The van der Waals surface area contributed by atoms with Crippen LogP contribution in [0.15, 0.2) is 35.9 Å². The highest BCUT2D eigenvalue weighted by atomic mass is 16.4. The number of hydrogen-bond donors (Lipinski definition) is 2. The highest BCUT2D eigenvalue weighted by molar-refractivity contribution is 6.02. The molecule has 2 N–H and O–H groups in total. The van der Waals surface area contributed by atoms with Crippen LogP contribution < -0.4 is 5.32 Å². The van der Waals surface area contributed by atoms with Crippen LogP contribution in [-0.2, 0) is 9.59 Å². The molecule has 86 valence electrons. The first kappa shape index (κ1) is 12.5. The second kappa shape index (κ2) is 6.08. The molecule has 0 saturated carbocycles. The molecule has 0 aliphatic heterocycles. The average Bonchev–Trinajstić information content (AvgIpc) is 2.34. The number of amides is 1. The Bertz CT molecular complexity index is 486. The number of nitriles is 1. The van der Waals surface area contributed by atoms with Crippen LogP contribution >= 0.6 is 0 Å². The number of aliphatic carboxylic acids is 1. The maximum Gasteiger partial charge on any atom is 0.322 e. The second-order valence-electron chi connectivity index (χ2n) is 3.16. The predicted octanol–water partition coefficient (Wildman–Crippen LogP) is 0.794. The van der Waals surface area contributed by atoms with Crippen LogP contribution in [0.5, 0.6) is 0 Å². The van der Waals surface area contributed by atoms with E-state index in [4.69, 9.17) is 10.4 Å². The Labute approximate surface area is 98.0 Å². The lowest BCUT2D eigenvalue weighted by Gasteiger charge is -2.00. The number of hydrogen-bond acceptors (Lipinski definition) is 3. The van der Waals surface area contributed by atoms with Gasteiger partial charge in [-0.25, -0.2) is 0 Å². The third-order valence-corrected chi connectivity index (χ3v) is 1.88. The number of carbonyl (C=O) groups is 2. The van der Waals surface area contributed by atoms with E-state index in [1.807, 2.05) is 6.07 Å². The lowest BCUT2D eigenvalue weighted by atomic mass is 10.1. The summed E-state index contributed by atoms with van der Waals surface area (Å²) in [6.07, 6.45) is 1.40. The van der Waals surface area contributed by atoms with E-state index in [2.05, 4.69) is 5.32 Å². The van der Waals surface area contributed by atoms with Gasteiger partial charge in [0.25, 0.3) is 5.91 Å². The van der Waals surface area contributed by atoms with E-state index >= 15 is 0 Å². The lowest BCUT2D eigenvalue weighted by molar-refractivity contribution is -0.137. The summed E-state index contributed by atoms with van der Waals surface area (Å²) in [7, 11) is 0. The summed E-state index contributed by atoms with van der Waals surface area (Å²) in [4.78, 5) is 21.7. The van der Waals surface area contributed by atoms with Gasteiger partial charge in [0.2, 0.25) is 0 Å². The number of carbonyl (C=O) groups excluding carboxylic acids is 1. The van der Waals surface area contributed by atoms with Gasteiger partial charge in [-0.3, -0.25) is 9.59 Å². The fourth-order valence-electron chi connectivity index (χ4n) is 1.12. The third kappa shape index (κ3) is 4.18. The van der Waals surface area contributed by atoms with E-state index in [1.165, 1.54) is 6.08 Å². The maximum absolute atomic E-state index is 11.4. The maximum atomic E-state index is 11.4. The third-order valence-electron chi connectivity index (χ3n) is 1.88. The first-order valence-corrected chi connectivity index (χ1v) is 4.80. The number of benzene rings is 1. The number of nitrogens with one attached hydrogen (secondary N) is 1. The highest BCUT2D eigenvalue weighted by Crippen LogP contribution is 2.05. The zero-order valence-electron chi connectivity index (χ0n) is 8.88. The van der Waals surface area contributed by atoms with Crippen molar-refractivity contribution >= 4 is 18.0 Å². The summed E-state index contributed by atoms with van der Waals surface area (Å²) in [5.74, 6) is -1.85. The van der Waals surface area contributed by atoms with Crippen molar-refractivity contribution < 1.29 is 14.7 Å². The summed E-state index contributed by atoms with van der Waals surface area (Å²) in [6.45, 7) is -0.507. The van der Waals surface area contributed by atoms with E-state index in [0.29, 0.717) is 5.56 Å². The monoisotopic (exact) mass is 230 g/mol. The van der Waals surface area contributed by atoms with Crippen molar-refractivity contribution in [1.29, 1.82) is 5.26 Å². The van der Waals surface area contributed by atoms with Crippen molar-refractivity contribution in [2.75, 3.05) is 6.54 Å². The number of carboxylic acids is 1. The van der Waals surface area contributed by atoms with Gasteiger partial charge in [0.15, 0.2) is 0 Å². The minimum atomic E-state index is -1.16. The Morgan fingerprint density at radius 2 is 2.00 bits per heavy atom. The van der Waals surface area contributed by atoms with Crippen molar-refractivity contribution in [3.63, 3.8) is 0 Å². The van der Waals surface area contributed by atoms with Gasteiger partial charge in [-0.1, -0.05) is 30.3 Å². The zero-order valence-corrected chi connectivity index (χ0v) is 8.88. The van der Waals surface area contributed by atoms with Crippen LogP contribution in [0.4, 0.5) is 0 Å². The van der Waals surface area contributed by atoms with Crippen molar-refractivity contribution in [3.05, 3.63) is 41.5 Å². The molecule has 17 heavy (non-hydrogen) atoms. The molecule has 0 radical (unpaired) electrons. The molecule has 1 aromatic rings. The van der Waals surface area contributed by atoms with Gasteiger partial charge < -0.3 is 10.4 Å². The smallest absolute Gasteiger partial charge is 0.322 e. The molecule has 0 spiro atoms. The average molecular weight is 230 g/mol. The minimum absolute atomic E-state index is 0.127. The van der Waals surface area contributed by atoms with Gasteiger partial charge in [-0.2, -0.15) is 5.26 Å². The molecule has 0 aromatic heterocycles. The normalized spacial score (nSPS) is 10.4. The van der Waals surface area contributed by atoms with E-state index in [0.717, 1.165) is 0 Å². The molecule has 5 heteroatoms. The van der Waals surface area contributed by atoms with Crippen LogP contribution in [-0.4, -0.2) is 23.5 Å². The first-order valence-electron chi connectivity index (χ1n) is 4.80. The van der Waals surface area contributed by atoms with Crippen molar-refractivity contribution in [2.24, 2.45) is 0 Å². The number of rotatable bonds is 4. The van der Waals surface area contributed by atoms with Crippen LogP contribution in [0.1, 0.15) is 5.56 Å². The Morgan fingerprint density at radius 1 is 1.35 bits per heavy atom. The summed E-state index contributed by atoms with van der Waals surface area (Å²) in [5.41, 5.74) is 0.576. The standard InChI is InChI=1S/C12H10N2O3/c13-7-10(12(17)14-8-11(15)16)6-9-4-2-1-3-5-9/h1-6H,8H2,(H,14,17)(H,15,16). The molecule has 0 heterocycles. The summed E-state index contributed by atoms with van der Waals surface area (Å²) in [6, 6.07) is 10.6. The Morgan fingerprint density at radius 3 is 2.53 bits per heavy atom. The van der Waals surface area contributed by atoms with Gasteiger partial charge >= 0.3 is 5.97 Å². The highest BCUT2D eigenvalue weighted by Gasteiger charge is 2.09. The number of carboxylic acid groups (broad SMARTS) is 1. The topological polar surface area (TPSA) is 90.2 Å². The van der Waals surface area contributed by atoms with Gasteiger partial charge in [0.05, 0.1) is 0 Å². The summed E-state index contributed by atoms with van der Waals surface area (Å²) in [5, 5.41) is 19.3. The van der Waals surface area contributed by atoms with Crippen molar-refractivity contribution in [3.8, 4) is 6.07 Å². The van der Waals surface area contributed by atoms with Gasteiger partial charge in [0.1, 0.15) is 18.2 Å². The summed E-state index contributed by atoms with van der Waals surface area (Å²) >= 11 is 0. The lowest BCUT2D eigenvalue weighted by Crippen LogP contribution is -2.30. The van der Waals surface area contributed by atoms with Crippen LogP contribution in [0, 0.1) is 11.3 Å². The van der Waals surface area contributed by atoms with Crippen LogP contribution in [0.25, 0.3) is 6.08 Å². The predicted molar refractivity (Wildman–Crippen MR) is 60.7 cm³/mol. The van der Waals surface area contributed by atoms with E-state index in [-0.39, 0.29) is 5.57 Å². The zero-order chi connectivity index (χ0) is 12.7. The number of nitrogens with zero attached hydrogens (tertiary/aromatic N) is 1. The molecule has 1 aromatic carbocycles. The van der Waals surface area contributed by atoms with E-state index < -0.39 is 18.4 Å². The second-order valence-corrected chi connectivity index (χ2v) is 3.16.